The maximum atomic E-state index is 13.2. The van der Waals surface area contributed by atoms with Gasteiger partial charge in [0.2, 0.25) is 11.8 Å². The lowest BCUT2D eigenvalue weighted by Crippen LogP contribution is -2.60. The summed E-state index contributed by atoms with van der Waals surface area (Å²) in [7, 11) is 1.28. The van der Waals surface area contributed by atoms with E-state index in [2.05, 4.69) is 24.5 Å². The summed E-state index contributed by atoms with van der Waals surface area (Å²) in [5, 5.41) is 35.5. The number of nitrogens with one attached hydrogen (secondary N) is 2. The number of aliphatic hydroxyl groups is 3. The molecule has 1 fully saturated rings. The molecule has 1 aliphatic heterocycles. The van der Waals surface area contributed by atoms with Crippen LogP contribution in [0.4, 0.5) is 0 Å². The molecule has 0 aromatic carbocycles. The number of rotatable bonds is 17. The van der Waals surface area contributed by atoms with E-state index in [-0.39, 0.29) is 55.1 Å². The number of aliphatic hydroxyl groups excluding tert-OH is 3. The molecule has 0 aromatic heterocycles. The van der Waals surface area contributed by atoms with Crippen LogP contribution < -0.4 is 10.6 Å². The van der Waals surface area contributed by atoms with Gasteiger partial charge in [0.1, 0.15) is 30.2 Å². The largest absolute Gasteiger partial charge is 0.388 e. The highest BCUT2D eigenvalue weighted by Gasteiger charge is 2.44. The van der Waals surface area contributed by atoms with Crippen LogP contribution >= 0.6 is 0 Å². The Hall–Kier alpha value is -1.92. The summed E-state index contributed by atoms with van der Waals surface area (Å²) < 4.78 is 10.4. The summed E-state index contributed by atoms with van der Waals surface area (Å²) in [5.41, 5.74) is 0. The van der Waals surface area contributed by atoms with Gasteiger partial charge in [-0.3, -0.25) is 19.2 Å². The minimum Gasteiger partial charge on any atom is -0.388 e. The molecule has 7 atom stereocenters. The van der Waals surface area contributed by atoms with Gasteiger partial charge in [-0.2, -0.15) is 0 Å². The van der Waals surface area contributed by atoms with Crippen molar-refractivity contribution in [2.24, 2.45) is 23.7 Å². The second kappa shape index (κ2) is 17.0. The van der Waals surface area contributed by atoms with Crippen LogP contribution in [0.2, 0.25) is 0 Å². The number of carbonyl (C=O) groups excluding carboxylic acids is 4. The van der Waals surface area contributed by atoms with Crippen LogP contribution in [0.3, 0.4) is 0 Å². The van der Waals surface area contributed by atoms with Crippen LogP contribution in [-0.2, 0) is 28.7 Å². The summed E-state index contributed by atoms with van der Waals surface area (Å²) in [6, 6.07) is -0.715. The van der Waals surface area contributed by atoms with Crippen LogP contribution in [0.15, 0.2) is 0 Å². The Balaban J connectivity index is 2.74. The molecule has 0 radical (unpaired) electrons. The van der Waals surface area contributed by atoms with Crippen molar-refractivity contribution in [3.05, 3.63) is 0 Å². The van der Waals surface area contributed by atoms with Gasteiger partial charge < -0.3 is 35.4 Å². The Morgan fingerprint density at radius 3 is 2.05 bits per heavy atom. The second-order valence-electron chi connectivity index (χ2n) is 11.6. The number of methoxy groups -OCH3 is 1. The first-order valence-electron chi connectivity index (χ1n) is 14.0. The van der Waals surface area contributed by atoms with E-state index in [9.17, 15) is 34.5 Å². The first-order valence-corrected chi connectivity index (χ1v) is 14.0. The smallest absolute Gasteiger partial charge is 0.220 e. The van der Waals surface area contributed by atoms with Crippen molar-refractivity contribution in [2.75, 3.05) is 13.7 Å². The molecule has 226 valence electrons. The Labute approximate surface area is 232 Å². The molecule has 11 heteroatoms. The van der Waals surface area contributed by atoms with Crippen molar-refractivity contribution in [1.29, 1.82) is 0 Å². The van der Waals surface area contributed by atoms with E-state index >= 15 is 0 Å². The van der Waals surface area contributed by atoms with Gasteiger partial charge in [-0.1, -0.05) is 48.0 Å². The molecule has 0 aliphatic carbocycles. The van der Waals surface area contributed by atoms with Crippen LogP contribution in [0.5, 0.6) is 0 Å². The lowest BCUT2D eigenvalue weighted by Gasteiger charge is -2.39. The van der Waals surface area contributed by atoms with Crippen molar-refractivity contribution in [1.82, 2.24) is 10.6 Å². The predicted molar refractivity (Wildman–Crippen MR) is 144 cm³/mol. The number of hydrogen-bond acceptors (Lipinski definition) is 9. The zero-order chi connectivity index (χ0) is 29.9. The van der Waals surface area contributed by atoms with Gasteiger partial charge in [-0.15, -0.1) is 0 Å². The molecular formula is C28H50N2O9. The second-order valence-corrected chi connectivity index (χ2v) is 11.6. The standard InChI is InChI=1S/C28H50N2O9/c1-15(2)9-8-10-22(33)30-23(16(3)4)19(31)13-18(24(34)17(5)6)11-12-21(32)29-14-20-25(35)26(36)27(37)28(38-7)39-20/h15-18,20,23,25-28,35-37H,8-14H2,1-7H3,(H,29,32)(H,30,33)/t18-,20-,23+,25-,26+,27-,28-/m1/s1. The minimum atomic E-state index is -1.51. The molecule has 1 heterocycles. The quantitative estimate of drug-likeness (QED) is 0.175. The summed E-state index contributed by atoms with van der Waals surface area (Å²) in [5.74, 6) is -1.67. The van der Waals surface area contributed by atoms with Gasteiger partial charge in [-0.25, -0.2) is 0 Å². The maximum absolute atomic E-state index is 13.2. The SMILES string of the molecule is CO[C@@H]1O[C@H](CNC(=O)CC[C@H](CC(=O)[C@@H](NC(=O)CCCC(C)C)C(C)C)C(=O)C(C)C)[C@@H](O)[C@H](O)[C@H]1O. The summed E-state index contributed by atoms with van der Waals surface area (Å²) in [6.07, 6.45) is -4.55. The topological polar surface area (TPSA) is 171 Å². The Morgan fingerprint density at radius 2 is 1.51 bits per heavy atom. The molecule has 0 bridgehead atoms. The lowest BCUT2D eigenvalue weighted by molar-refractivity contribution is -0.288. The van der Waals surface area contributed by atoms with E-state index < -0.39 is 48.6 Å². The molecule has 11 nitrogen and oxygen atoms in total. The van der Waals surface area contributed by atoms with Crippen LogP contribution in [-0.4, -0.2) is 89.1 Å². The average molecular weight is 559 g/mol. The first kappa shape index (κ1) is 35.1. The zero-order valence-corrected chi connectivity index (χ0v) is 24.5. The highest BCUT2D eigenvalue weighted by Crippen LogP contribution is 2.23. The van der Waals surface area contributed by atoms with Crippen molar-refractivity contribution < 1.29 is 44.0 Å². The van der Waals surface area contributed by atoms with Crippen molar-refractivity contribution in [3.8, 4) is 0 Å². The molecule has 1 aliphatic rings. The Morgan fingerprint density at radius 1 is 0.872 bits per heavy atom. The van der Waals surface area contributed by atoms with Gasteiger partial charge in [0.25, 0.3) is 0 Å². The molecule has 2 amide bonds. The molecule has 0 unspecified atom stereocenters. The van der Waals surface area contributed by atoms with Crippen molar-refractivity contribution >= 4 is 23.4 Å². The number of carbonyl (C=O) groups is 4. The van der Waals surface area contributed by atoms with Crippen molar-refractivity contribution in [3.63, 3.8) is 0 Å². The summed E-state index contributed by atoms with van der Waals surface area (Å²) >= 11 is 0. The Bertz CT molecular complexity index is 800. The highest BCUT2D eigenvalue weighted by molar-refractivity contribution is 5.93. The van der Waals surface area contributed by atoms with E-state index in [4.69, 9.17) is 9.47 Å². The van der Waals surface area contributed by atoms with Gasteiger partial charge >= 0.3 is 0 Å². The molecule has 0 saturated carbocycles. The zero-order valence-electron chi connectivity index (χ0n) is 24.5. The highest BCUT2D eigenvalue weighted by atomic mass is 16.7. The monoisotopic (exact) mass is 558 g/mol. The molecule has 1 saturated heterocycles. The summed E-state index contributed by atoms with van der Waals surface area (Å²) in [4.78, 5) is 51.1. The fourth-order valence-electron chi connectivity index (χ4n) is 4.61. The Kier molecular flexibility index (Phi) is 15.3. The van der Waals surface area contributed by atoms with E-state index in [1.807, 2.05) is 13.8 Å². The number of hydrogen-bond donors (Lipinski definition) is 5. The average Bonchev–Trinajstić information content (AvgIpc) is 2.86. The molecule has 0 spiro atoms. The van der Waals surface area contributed by atoms with E-state index in [1.165, 1.54) is 7.11 Å². The fourth-order valence-corrected chi connectivity index (χ4v) is 4.61. The molecule has 5 N–H and O–H groups in total. The van der Waals surface area contributed by atoms with E-state index in [1.54, 1.807) is 13.8 Å². The first-order chi connectivity index (χ1) is 18.2. The third-order valence-corrected chi connectivity index (χ3v) is 7.06. The normalized spacial score (nSPS) is 25.0. The maximum Gasteiger partial charge on any atom is 0.220 e. The third kappa shape index (κ3) is 11.6. The van der Waals surface area contributed by atoms with Gasteiger partial charge in [0.15, 0.2) is 12.1 Å². The predicted octanol–water partition coefficient (Wildman–Crippen LogP) is 1.10. The van der Waals surface area contributed by atoms with Crippen molar-refractivity contribution in [2.45, 2.75) is 117 Å². The molecular weight excluding hydrogens is 508 g/mol. The van der Waals surface area contributed by atoms with Crippen LogP contribution in [0.1, 0.15) is 80.1 Å². The number of ether oxygens (including phenoxy) is 2. The van der Waals surface area contributed by atoms with E-state index in [0.29, 0.717) is 12.3 Å². The van der Waals surface area contributed by atoms with Gasteiger partial charge in [0, 0.05) is 44.8 Å². The number of amides is 2. The number of ketones is 2. The minimum absolute atomic E-state index is 0.0496. The van der Waals surface area contributed by atoms with Gasteiger partial charge in [0.05, 0.1) is 6.04 Å². The fraction of sp³-hybridized carbons (Fsp3) is 0.857. The molecule has 1 rings (SSSR count). The molecule has 0 aromatic rings. The van der Waals surface area contributed by atoms with Crippen LogP contribution in [0, 0.1) is 23.7 Å². The van der Waals surface area contributed by atoms with Gasteiger partial charge in [-0.05, 0) is 24.7 Å². The number of Topliss-reactive ketones (excluding diaryl/α,β-unsaturated/α-hetero) is 2. The van der Waals surface area contributed by atoms with E-state index in [0.717, 1.165) is 12.8 Å². The summed E-state index contributed by atoms with van der Waals surface area (Å²) in [6.45, 7) is 11.2. The lowest BCUT2D eigenvalue weighted by atomic mass is 9.84. The third-order valence-electron chi connectivity index (χ3n) is 7.06. The van der Waals surface area contributed by atoms with Crippen LogP contribution in [0.25, 0.3) is 0 Å². The molecule has 39 heavy (non-hydrogen) atoms.